The van der Waals surface area contributed by atoms with E-state index >= 15 is 0 Å². The largest absolute Gasteiger partial charge is 0.314 e. The second-order valence-corrected chi connectivity index (χ2v) is 6.26. The van der Waals surface area contributed by atoms with Gasteiger partial charge in [0.1, 0.15) is 0 Å². The van der Waals surface area contributed by atoms with Crippen molar-refractivity contribution in [3.63, 3.8) is 0 Å². The molecule has 1 aliphatic rings. The van der Waals surface area contributed by atoms with E-state index < -0.39 is 0 Å². The summed E-state index contributed by atoms with van der Waals surface area (Å²) < 4.78 is 0. The Morgan fingerprint density at radius 2 is 1.67 bits per heavy atom. The molecule has 2 rings (SSSR count). The topological polar surface area (TPSA) is 28.2 Å². The van der Waals surface area contributed by atoms with E-state index in [0.29, 0.717) is 16.0 Å². The standard InChI is InChI=1S/C14H21Cl2N3.2ClH/c1-10(2)7-13(19-5-3-17-4-6-19)14-11(15)8-18-9-12(14)16;;/h8-10,13,17H,3-7H2,1-2H3;2*1H/t13-;;/m1../s1. The Bertz CT molecular complexity index is 402. The number of pyridine rings is 1. The lowest BCUT2D eigenvalue weighted by molar-refractivity contribution is 0.154. The number of halogens is 4. The van der Waals surface area contributed by atoms with Gasteiger partial charge in [-0.2, -0.15) is 0 Å². The molecule has 1 aliphatic heterocycles. The molecule has 2 heterocycles. The van der Waals surface area contributed by atoms with Crippen LogP contribution in [0.25, 0.3) is 0 Å². The van der Waals surface area contributed by atoms with Gasteiger partial charge in [0.15, 0.2) is 0 Å². The zero-order valence-electron chi connectivity index (χ0n) is 12.3. The van der Waals surface area contributed by atoms with E-state index in [1.807, 2.05) is 0 Å². The Morgan fingerprint density at radius 3 is 2.14 bits per heavy atom. The van der Waals surface area contributed by atoms with Gasteiger partial charge in [-0.05, 0) is 12.3 Å². The molecule has 122 valence electrons. The highest BCUT2D eigenvalue weighted by Gasteiger charge is 2.26. The summed E-state index contributed by atoms with van der Waals surface area (Å²) in [7, 11) is 0. The lowest BCUT2D eigenvalue weighted by Crippen LogP contribution is -2.45. The van der Waals surface area contributed by atoms with Gasteiger partial charge in [-0.15, -0.1) is 24.8 Å². The molecule has 1 aromatic rings. The zero-order chi connectivity index (χ0) is 13.8. The molecule has 1 saturated heterocycles. The third kappa shape index (κ3) is 5.74. The van der Waals surface area contributed by atoms with Crippen molar-refractivity contribution >= 4 is 48.0 Å². The summed E-state index contributed by atoms with van der Waals surface area (Å²) in [6.07, 6.45) is 4.44. The highest BCUT2D eigenvalue weighted by Crippen LogP contribution is 2.36. The van der Waals surface area contributed by atoms with Crippen LogP contribution in [0, 0.1) is 5.92 Å². The fourth-order valence-electron chi connectivity index (χ4n) is 2.63. The quantitative estimate of drug-likeness (QED) is 0.854. The Hall–Kier alpha value is 0.230. The van der Waals surface area contributed by atoms with Crippen molar-refractivity contribution in [3.8, 4) is 0 Å². The van der Waals surface area contributed by atoms with Crippen molar-refractivity contribution in [2.24, 2.45) is 5.92 Å². The molecule has 0 unspecified atom stereocenters. The fourth-order valence-corrected chi connectivity index (χ4v) is 3.25. The van der Waals surface area contributed by atoms with E-state index in [2.05, 4.69) is 29.0 Å². The van der Waals surface area contributed by atoms with E-state index in [1.54, 1.807) is 12.4 Å². The van der Waals surface area contributed by atoms with Crippen molar-refractivity contribution < 1.29 is 0 Å². The maximum atomic E-state index is 6.34. The molecule has 7 heteroatoms. The lowest BCUT2D eigenvalue weighted by atomic mass is 9.95. The number of nitrogens with one attached hydrogen (secondary N) is 1. The van der Waals surface area contributed by atoms with E-state index in [0.717, 1.165) is 38.2 Å². The summed E-state index contributed by atoms with van der Waals surface area (Å²) in [6.45, 7) is 8.58. The van der Waals surface area contributed by atoms with Crippen LogP contribution in [-0.4, -0.2) is 36.1 Å². The average molecular weight is 375 g/mol. The van der Waals surface area contributed by atoms with E-state index in [1.165, 1.54) is 0 Å². The number of aromatic nitrogens is 1. The minimum absolute atomic E-state index is 0. The van der Waals surface area contributed by atoms with E-state index in [4.69, 9.17) is 23.2 Å². The van der Waals surface area contributed by atoms with Crippen LogP contribution in [0.15, 0.2) is 12.4 Å². The molecule has 0 amide bonds. The van der Waals surface area contributed by atoms with Gasteiger partial charge in [-0.25, -0.2) is 0 Å². The molecular formula is C14H23Cl4N3. The third-order valence-electron chi connectivity index (χ3n) is 3.51. The molecule has 3 nitrogen and oxygen atoms in total. The van der Waals surface area contributed by atoms with E-state index in [9.17, 15) is 0 Å². The monoisotopic (exact) mass is 373 g/mol. The van der Waals surface area contributed by atoms with Gasteiger partial charge < -0.3 is 5.32 Å². The predicted octanol–water partition coefficient (Wildman–Crippen LogP) is 4.22. The summed E-state index contributed by atoms with van der Waals surface area (Å²) >= 11 is 12.7. The number of hydrogen-bond donors (Lipinski definition) is 1. The van der Waals surface area contributed by atoms with E-state index in [-0.39, 0.29) is 30.9 Å². The third-order valence-corrected chi connectivity index (χ3v) is 4.11. The van der Waals surface area contributed by atoms with Gasteiger partial charge in [0.05, 0.1) is 10.0 Å². The van der Waals surface area contributed by atoms with Crippen LogP contribution in [0.3, 0.4) is 0 Å². The first-order valence-corrected chi connectivity index (χ1v) is 7.59. The molecule has 0 bridgehead atoms. The Balaban J connectivity index is 0.00000200. The summed E-state index contributed by atoms with van der Waals surface area (Å²) in [6, 6.07) is 0.282. The SMILES string of the molecule is CC(C)C[C@H](c1c(Cl)cncc1Cl)N1CCNCC1.Cl.Cl. The second-order valence-electron chi connectivity index (χ2n) is 5.45. The first-order valence-electron chi connectivity index (χ1n) is 6.83. The smallest absolute Gasteiger partial charge is 0.0652 e. The van der Waals surface area contributed by atoms with Crippen LogP contribution in [0.2, 0.25) is 10.0 Å². The Kier molecular flexibility index (Phi) is 10.2. The normalized spacial score (nSPS) is 17.0. The van der Waals surface area contributed by atoms with Gasteiger partial charge in [0, 0.05) is 50.2 Å². The maximum absolute atomic E-state index is 6.34. The number of piperazine rings is 1. The first kappa shape index (κ1) is 21.2. The van der Waals surface area contributed by atoms with Crippen molar-refractivity contribution in [1.29, 1.82) is 0 Å². The molecule has 1 fully saturated rings. The molecule has 1 atom stereocenters. The van der Waals surface area contributed by atoms with Crippen LogP contribution >= 0.6 is 48.0 Å². The number of hydrogen-bond acceptors (Lipinski definition) is 3. The Labute approximate surface area is 149 Å². The molecule has 0 saturated carbocycles. The molecule has 0 spiro atoms. The average Bonchev–Trinajstić information content (AvgIpc) is 2.38. The predicted molar refractivity (Wildman–Crippen MR) is 95.4 cm³/mol. The van der Waals surface area contributed by atoms with Crippen molar-refractivity contribution in [2.75, 3.05) is 26.2 Å². The summed E-state index contributed by atoms with van der Waals surface area (Å²) in [5.74, 6) is 0.597. The van der Waals surface area contributed by atoms with Crippen molar-refractivity contribution in [1.82, 2.24) is 15.2 Å². The molecule has 1 N–H and O–H groups in total. The van der Waals surface area contributed by atoms with Gasteiger partial charge in [-0.1, -0.05) is 37.0 Å². The first-order chi connectivity index (χ1) is 9.09. The summed E-state index contributed by atoms with van der Waals surface area (Å²) in [5.41, 5.74) is 1.04. The fraction of sp³-hybridized carbons (Fsp3) is 0.643. The van der Waals surface area contributed by atoms with Crippen LogP contribution in [-0.2, 0) is 0 Å². The number of nitrogens with zero attached hydrogens (tertiary/aromatic N) is 2. The zero-order valence-corrected chi connectivity index (χ0v) is 15.5. The number of rotatable bonds is 4. The van der Waals surface area contributed by atoms with Crippen LogP contribution in [0.5, 0.6) is 0 Å². The van der Waals surface area contributed by atoms with Crippen LogP contribution < -0.4 is 5.32 Å². The second kappa shape index (κ2) is 10.1. The van der Waals surface area contributed by atoms with Gasteiger partial charge >= 0.3 is 0 Å². The summed E-state index contributed by atoms with van der Waals surface area (Å²) in [4.78, 5) is 6.53. The van der Waals surface area contributed by atoms with Crippen molar-refractivity contribution in [3.05, 3.63) is 28.0 Å². The van der Waals surface area contributed by atoms with Crippen LogP contribution in [0.1, 0.15) is 31.9 Å². The maximum Gasteiger partial charge on any atom is 0.0652 e. The molecule has 0 aliphatic carbocycles. The highest BCUT2D eigenvalue weighted by atomic mass is 35.5. The minimum atomic E-state index is 0. The Morgan fingerprint density at radius 1 is 1.14 bits per heavy atom. The molecular weight excluding hydrogens is 352 g/mol. The highest BCUT2D eigenvalue weighted by molar-refractivity contribution is 6.35. The lowest BCUT2D eigenvalue weighted by Gasteiger charge is -2.36. The van der Waals surface area contributed by atoms with Crippen LogP contribution in [0.4, 0.5) is 0 Å². The van der Waals surface area contributed by atoms with Gasteiger partial charge in [-0.3, -0.25) is 9.88 Å². The van der Waals surface area contributed by atoms with Gasteiger partial charge in [0.2, 0.25) is 0 Å². The molecule has 21 heavy (non-hydrogen) atoms. The van der Waals surface area contributed by atoms with Crippen molar-refractivity contribution in [2.45, 2.75) is 26.3 Å². The molecule has 1 aromatic heterocycles. The van der Waals surface area contributed by atoms with Gasteiger partial charge in [0.25, 0.3) is 0 Å². The minimum Gasteiger partial charge on any atom is -0.314 e. The molecule has 0 aromatic carbocycles. The summed E-state index contributed by atoms with van der Waals surface area (Å²) in [5, 5.41) is 4.74. The molecule has 0 radical (unpaired) electrons.